The molecule has 6 heteroatoms. The van der Waals surface area contributed by atoms with E-state index >= 15 is 0 Å². The zero-order valence-electron chi connectivity index (χ0n) is 9.09. The zero-order valence-corrected chi connectivity index (χ0v) is 9.09. The summed E-state index contributed by atoms with van der Waals surface area (Å²) in [6, 6.07) is 5.85. The van der Waals surface area contributed by atoms with E-state index in [1.165, 1.54) is 0 Å². The Balaban J connectivity index is 1.73. The summed E-state index contributed by atoms with van der Waals surface area (Å²) in [5, 5.41) is 1.85. The molecule has 2 aliphatic rings. The number of ether oxygens (including phenoxy) is 2. The van der Waals surface area contributed by atoms with E-state index in [-0.39, 0.29) is 0 Å². The molecular formula is C11H12N4O2. The zero-order chi connectivity index (χ0) is 11.7. The Hall–Kier alpha value is -2.37. The lowest BCUT2D eigenvalue weighted by molar-refractivity contribution is 0.174. The van der Waals surface area contributed by atoms with Crippen LogP contribution < -0.4 is 20.6 Å². The molecule has 2 heterocycles. The molecule has 0 atom stereocenters. The third-order valence-electron chi connectivity index (χ3n) is 2.51. The fourth-order valence-electron chi connectivity index (χ4n) is 1.74. The Labute approximate surface area is 98.3 Å². The molecule has 0 aromatic heterocycles. The molecule has 0 radical (unpaired) electrons. The summed E-state index contributed by atoms with van der Waals surface area (Å²) in [6.45, 7) is 0.962. The Kier molecular flexibility index (Phi) is 2.25. The van der Waals surface area contributed by atoms with Gasteiger partial charge in [-0.15, -0.1) is 0 Å². The Morgan fingerprint density at radius 2 is 2.24 bits per heavy atom. The smallest absolute Gasteiger partial charge is 0.231 e. The van der Waals surface area contributed by atoms with E-state index in [0.717, 1.165) is 17.1 Å². The minimum absolute atomic E-state index is 0.292. The fraction of sp³-hybridized carbons (Fsp3) is 0.182. The Morgan fingerprint density at radius 3 is 3.12 bits per heavy atom. The summed E-state index contributed by atoms with van der Waals surface area (Å²) < 4.78 is 10.6. The first kappa shape index (κ1) is 9.83. The summed E-state index contributed by atoms with van der Waals surface area (Å²) in [6.07, 6.45) is 3.47. The predicted molar refractivity (Wildman–Crippen MR) is 62.0 cm³/mol. The van der Waals surface area contributed by atoms with Gasteiger partial charge < -0.3 is 15.2 Å². The average molecular weight is 232 g/mol. The van der Waals surface area contributed by atoms with Gasteiger partial charge in [0.25, 0.3) is 0 Å². The first-order chi connectivity index (χ1) is 8.31. The topological polar surface area (TPSA) is 72.1 Å². The maximum absolute atomic E-state index is 5.57. The maximum Gasteiger partial charge on any atom is 0.231 e. The summed E-state index contributed by atoms with van der Waals surface area (Å²) in [7, 11) is 0. The molecule has 3 N–H and O–H groups in total. The molecule has 0 spiro atoms. The number of hydrazine groups is 1. The van der Waals surface area contributed by atoms with Crippen LogP contribution in [0.2, 0.25) is 0 Å². The Bertz CT molecular complexity index is 498. The van der Waals surface area contributed by atoms with Crippen LogP contribution in [0.25, 0.3) is 0 Å². The van der Waals surface area contributed by atoms with Crippen LogP contribution in [0.3, 0.4) is 0 Å². The average Bonchev–Trinajstić information content (AvgIpc) is 2.76. The summed E-state index contributed by atoms with van der Waals surface area (Å²) in [5.74, 6) is 1.95. The highest BCUT2D eigenvalue weighted by Gasteiger charge is 2.14. The van der Waals surface area contributed by atoms with Crippen molar-refractivity contribution >= 4 is 5.96 Å². The van der Waals surface area contributed by atoms with Crippen molar-refractivity contribution in [3.05, 3.63) is 36.2 Å². The molecule has 1 aromatic carbocycles. The lowest BCUT2D eigenvalue weighted by Gasteiger charge is -2.23. The van der Waals surface area contributed by atoms with Gasteiger partial charge >= 0.3 is 0 Å². The summed E-state index contributed by atoms with van der Waals surface area (Å²) >= 11 is 0. The number of nitrogens with two attached hydrogens (primary N) is 1. The van der Waals surface area contributed by atoms with Crippen LogP contribution in [-0.4, -0.2) is 17.8 Å². The highest BCUT2D eigenvalue weighted by molar-refractivity contribution is 5.78. The second kappa shape index (κ2) is 3.89. The minimum Gasteiger partial charge on any atom is -0.454 e. The van der Waals surface area contributed by atoms with Crippen LogP contribution in [0.4, 0.5) is 0 Å². The van der Waals surface area contributed by atoms with Gasteiger partial charge in [-0.05, 0) is 17.7 Å². The standard InChI is InChI=1S/C11H12N4O2/c12-11-13-3-4-15(14-11)6-8-1-2-9-10(5-8)17-7-16-9/h1-5H,6-7H2,(H3,12,13,14). The molecule has 0 bridgehead atoms. The van der Waals surface area contributed by atoms with E-state index < -0.39 is 0 Å². The molecule has 6 nitrogen and oxygen atoms in total. The normalized spacial score (nSPS) is 16.7. The van der Waals surface area contributed by atoms with Crippen molar-refractivity contribution in [2.75, 3.05) is 6.79 Å². The van der Waals surface area contributed by atoms with Crippen molar-refractivity contribution < 1.29 is 9.47 Å². The molecule has 17 heavy (non-hydrogen) atoms. The number of rotatable bonds is 2. The second-order valence-corrected chi connectivity index (χ2v) is 3.74. The van der Waals surface area contributed by atoms with Crippen molar-refractivity contribution in [3.8, 4) is 11.5 Å². The van der Waals surface area contributed by atoms with Gasteiger partial charge in [0, 0.05) is 12.4 Å². The van der Waals surface area contributed by atoms with Crippen molar-refractivity contribution in [1.29, 1.82) is 0 Å². The van der Waals surface area contributed by atoms with E-state index in [2.05, 4.69) is 10.4 Å². The van der Waals surface area contributed by atoms with Gasteiger partial charge in [0.15, 0.2) is 11.5 Å². The van der Waals surface area contributed by atoms with E-state index in [4.69, 9.17) is 15.2 Å². The molecule has 0 amide bonds. The SMILES string of the molecule is NC1=NC=CN(Cc2ccc3c(c2)OCO3)N1. The number of hydrogen-bond acceptors (Lipinski definition) is 6. The van der Waals surface area contributed by atoms with E-state index in [1.807, 2.05) is 29.4 Å². The third kappa shape index (κ3) is 1.96. The predicted octanol–water partition coefficient (Wildman–Crippen LogP) is 0.521. The van der Waals surface area contributed by atoms with E-state index in [1.54, 1.807) is 6.20 Å². The quantitative estimate of drug-likeness (QED) is 0.777. The molecule has 0 unspecified atom stereocenters. The lowest BCUT2D eigenvalue weighted by Crippen LogP contribution is -2.44. The number of nitrogens with one attached hydrogen (secondary N) is 1. The van der Waals surface area contributed by atoms with Crippen LogP contribution in [0, 0.1) is 0 Å². The van der Waals surface area contributed by atoms with Crippen molar-refractivity contribution in [3.63, 3.8) is 0 Å². The van der Waals surface area contributed by atoms with Crippen LogP contribution in [-0.2, 0) is 6.54 Å². The first-order valence-electron chi connectivity index (χ1n) is 5.23. The molecular weight excluding hydrogens is 220 g/mol. The first-order valence-corrected chi connectivity index (χ1v) is 5.23. The van der Waals surface area contributed by atoms with Crippen molar-refractivity contribution in [2.24, 2.45) is 10.7 Å². The number of aliphatic imine (C=N–C) groups is 1. The van der Waals surface area contributed by atoms with Gasteiger partial charge in [-0.1, -0.05) is 6.07 Å². The molecule has 88 valence electrons. The highest BCUT2D eigenvalue weighted by Crippen LogP contribution is 2.32. The van der Waals surface area contributed by atoms with Crippen LogP contribution in [0.5, 0.6) is 11.5 Å². The molecule has 3 rings (SSSR count). The molecule has 2 aliphatic heterocycles. The van der Waals surface area contributed by atoms with E-state index in [0.29, 0.717) is 19.3 Å². The molecule has 0 saturated carbocycles. The molecule has 0 saturated heterocycles. The number of fused-ring (bicyclic) bond motifs is 1. The van der Waals surface area contributed by atoms with Crippen molar-refractivity contribution in [1.82, 2.24) is 10.4 Å². The molecule has 1 aromatic rings. The maximum atomic E-state index is 5.57. The van der Waals surface area contributed by atoms with Crippen LogP contribution >= 0.6 is 0 Å². The van der Waals surface area contributed by atoms with Gasteiger partial charge in [-0.25, -0.2) is 4.99 Å². The second-order valence-electron chi connectivity index (χ2n) is 3.74. The minimum atomic E-state index is 0.292. The monoisotopic (exact) mass is 232 g/mol. The fourth-order valence-corrected chi connectivity index (χ4v) is 1.74. The van der Waals surface area contributed by atoms with Gasteiger partial charge in [0.1, 0.15) is 0 Å². The van der Waals surface area contributed by atoms with Gasteiger partial charge in [0.05, 0.1) is 6.54 Å². The highest BCUT2D eigenvalue weighted by atomic mass is 16.7. The molecule has 0 fully saturated rings. The Morgan fingerprint density at radius 1 is 1.35 bits per heavy atom. The summed E-state index contributed by atoms with van der Waals surface area (Å²) in [5.41, 5.74) is 9.60. The van der Waals surface area contributed by atoms with Gasteiger partial charge in [-0.3, -0.25) is 10.4 Å². The lowest BCUT2D eigenvalue weighted by atomic mass is 10.2. The van der Waals surface area contributed by atoms with Gasteiger partial charge in [-0.2, -0.15) is 0 Å². The number of benzene rings is 1. The van der Waals surface area contributed by atoms with Crippen LogP contribution in [0.15, 0.2) is 35.6 Å². The largest absolute Gasteiger partial charge is 0.454 e. The van der Waals surface area contributed by atoms with Gasteiger partial charge in [0.2, 0.25) is 12.8 Å². The van der Waals surface area contributed by atoms with Crippen molar-refractivity contribution in [2.45, 2.75) is 6.54 Å². The number of nitrogens with zero attached hydrogens (tertiary/aromatic N) is 2. The van der Waals surface area contributed by atoms with E-state index in [9.17, 15) is 0 Å². The number of hydrogen-bond donors (Lipinski definition) is 2. The molecule has 0 aliphatic carbocycles. The third-order valence-corrected chi connectivity index (χ3v) is 2.51. The number of guanidine groups is 1. The summed E-state index contributed by atoms with van der Waals surface area (Å²) in [4.78, 5) is 3.90. The van der Waals surface area contributed by atoms with Crippen LogP contribution in [0.1, 0.15) is 5.56 Å².